The summed E-state index contributed by atoms with van der Waals surface area (Å²) in [7, 11) is -3.73. The number of carboxylic acid groups (broad SMARTS) is 1. The van der Waals surface area contributed by atoms with E-state index >= 15 is 0 Å². The average molecular weight is 267 g/mol. The van der Waals surface area contributed by atoms with Crippen molar-refractivity contribution in [1.82, 2.24) is 4.31 Å². The van der Waals surface area contributed by atoms with Crippen molar-refractivity contribution in [2.45, 2.75) is 20.3 Å². The average Bonchev–Trinajstić information content (AvgIpc) is 2.23. The van der Waals surface area contributed by atoms with Crippen LogP contribution in [0.3, 0.4) is 0 Å². The highest BCUT2D eigenvalue weighted by molar-refractivity contribution is 7.89. The molecule has 1 N–H and O–H groups in total. The summed E-state index contributed by atoms with van der Waals surface area (Å²) in [6, 6.07) is 0. The highest BCUT2D eigenvalue weighted by Crippen LogP contribution is 2.03. The first kappa shape index (κ1) is 15.9. The van der Waals surface area contributed by atoms with E-state index in [-0.39, 0.29) is 19.7 Å². The molecule has 0 saturated carbocycles. The Hall–Kier alpha value is -1.15. The summed E-state index contributed by atoms with van der Waals surface area (Å²) in [6.07, 6.45) is -0.484. The van der Waals surface area contributed by atoms with Crippen LogP contribution in [0, 0.1) is 0 Å². The first-order valence-electron chi connectivity index (χ1n) is 5.18. The second kappa shape index (κ2) is 7.23. The number of rotatable bonds is 8. The number of ether oxygens (including phenoxy) is 1. The summed E-state index contributed by atoms with van der Waals surface area (Å²) >= 11 is 0. The van der Waals surface area contributed by atoms with Gasteiger partial charge in [0.05, 0.1) is 18.8 Å². The molecule has 0 rings (SSSR count). The van der Waals surface area contributed by atoms with Gasteiger partial charge < -0.3 is 9.84 Å². The normalized spacial score (nSPS) is 11.5. The fourth-order valence-corrected chi connectivity index (χ4v) is 2.49. The van der Waals surface area contributed by atoms with Gasteiger partial charge in [-0.3, -0.25) is 9.59 Å². The van der Waals surface area contributed by atoms with Crippen molar-refractivity contribution in [2.24, 2.45) is 0 Å². The molecule has 0 atom stereocenters. The molecule has 8 heteroatoms. The van der Waals surface area contributed by atoms with E-state index in [1.54, 1.807) is 13.8 Å². The molecule has 0 bridgehead atoms. The summed E-state index contributed by atoms with van der Waals surface area (Å²) in [5.74, 6) is -2.36. The second-order valence-electron chi connectivity index (χ2n) is 3.19. The van der Waals surface area contributed by atoms with E-state index in [0.29, 0.717) is 0 Å². The number of carboxylic acids is 1. The van der Waals surface area contributed by atoms with Gasteiger partial charge in [0.2, 0.25) is 10.0 Å². The number of hydrogen-bond donors (Lipinski definition) is 1. The maximum Gasteiger partial charge on any atom is 0.321 e. The maximum absolute atomic E-state index is 11.7. The number of nitrogens with zero attached hydrogens (tertiary/aromatic N) is 1. The lowest BCUT2D eigenvalue weighted by molar-refractivity contribution is -0.143. The van der Waals surface area contributed by atoms with Gasteiger partial charge in [-0.05, 0) is 6.92 Å². The lowest BCUT2D eigenvalue weighted by atomic mass is 10.5. The Morgan fingerprint density at radius 3 is 2.29 bits per heavy atom. The van der Waals surface area contributed by atoms with Crippen molar-refractivity contribution in [1.29, 1.82) is 0 Å². The highest BCUT2D eigenvalue weighted by Gasteiger charge is 2.24. The predicted octanol–water partition coefficient (Wildman–Crippen LogP) is -0.324. The molecule has 0 radical (unpaired) electrons. The third-order valence-corrected chi connectivity index (χ3v) is 3.82. The Labute approximate surface area is 100 Å². The van der Waals surface area contributed by atoms with Crippen molar-refractivity contribution < 1.29 is 27.9 Å². The summed E-state index contributed by atoms with van der Waals surface area (Å²) in [5, 5.41) is 8.42. The van der Waals surface area contributed by atoms with Crippen LogP contribution in [0.1, 0.15) is 20.3 Å². The van der Waals surface area contributed by atoms with Crippen LogP contribution >= 0.6 is 0 Å². The molecule has 0 aromatic rings. The maximum atomic E-state index is 11.7. The number of carbonyl (C=O) groups excluding carboxylic acids is 1. The summed E-state index contributed by atoms with van der Waals surface area (Å²) in [4.78, 5) is 21.5. The summed E-state index contributed by atoms with van der Waals surface area (Å²) < 4.78 is 28.9. The van der Waals surface area contributed by atoms with Gasteiger partial charge >= 0.3 is 11.9 Å². The van der Waals surface area contributed by atoms with E-state index in [2.05, 4.69) is 4.74 Å². The van der Waals surface area contributed by atoms with E-state index in [1.165, 1.54) is 0 Å². The molecule has 0 spiro atoms. The van der Waals surface area contributed by atoms with Crippen molar-refractivity contribution in [3.63, 3.8) is 0 Å². The van der Waals surface area contributed by atoms with Crippen LogP contribution in [0.2, 0.25) is 0 Å². The Kier molecular flexibility index (Phi) is 6.74. The topological polar surface area (TPSA) is 101 Å². The van der Waals surface area contributed by atoms with Crippen molar-refractivity contribution in [3.8, 4) is 0 Å². The van der Waals surface area contributed by atoms with Crippen LogP contribution in [0.25, 0.3) is 0 Å². The predicted molar refractivity (Wildman–Crippen MR) is 59.9 cm³/mol. The Morgan fingerprint density at radius 2 is 1.88 bits per heavy atom. The monoisotopic (exact) mass is 267 g/mol. The zero-order chi connectivity index (χ0) is 13.5. The number of carbonyl (C=O) groups is 2. The van der Waals surface area contributed by atoms with E-state index in [1.807, 2.05) is 0 Å². The Balaban J connectivity index is 4.52. The van der Waals surface area contributed by atoms with Crippen LogP contribution in [-0.4, -0.2) is 55.2 Å². The van der Waals surface area contributed by atoms with E-state index in [4.69, 9.17) is 5.11 Å². The third kappa shape index (κ3) is 6.22. The van der Waals surface area contributed by atoms with Crippen molar-refractivity contribution in [2.75, 3.05) is 25.4 Å². The van der Waals surface area contributed by atoms with Gasteiger partial charge in [0, 0.05) is 6.54 Å². The largest absolute Gasteiger partial charge is 0.481 e. The van der Waals surface area contributed by atoms with Crippen LogP contribution in [0.5, 0.6) is 0 Å². The van der Waals surface area contributed by atoms with Gasteiger partial charge in [0.15, 0.2) is 0 Å². The molecule has 0 heterocycles. The minimum absolute atomic E-state index is 0.0980. The first-order valence-corrected chi connectivity index (χ1v) is 6.79. The van der Waals surface area contributed by atoms with E-state index in [0.717, 1.165) is 4.31 Å². The van der Waals surface area contributed by atoms with Crippen LogP contribution in [0.15, 0.2) is 0 Å². The van der Waals surface area contributed by atoms with Gasteiger partial charge in [0.25, 0.3) is 0 Å². The van der Waals surface area contributed by atoms with Gasteiger partial charge in [-0.2, -0.15) is 4.31 Å². The molecule has 0 unspecified atom stereocenters. The molecule has 0 fully saturated rings. The van der Waals surface area contributed by atoms with Crippen molar-refractivity contribution >= 4 is 22.0 Å². The summed E-state index contributed by atoms with van der Waals surface area (Å²) in [5.41, 5.74) is 0. The van der Waals surface area contributed by atoms with Gasteiger partial charge in [-0.1, -0.05) is 6.92 Å². The number of hydrogen-bond acceptors (Lipinski definition) is 5. The molecule has 0 aromatic carbocycles. The minimum Gasteiger partial charge on any atom is -0.481 e. The Bertz CT molecular complexity index is 364. The molecule has 17 heavy (non-hydrogen) atoms. The molecule has 0 aliphatic rings. The zero-order valence-electron chi connectivity index (χ0n) is 9.88. The number of aliphatic carboxylic acids is 1. The molecule has 0 aliphatic carbocycles. The van der Waals surface area contributed by atoms with Crippen LogP contribution in [-0.2, 0) is 24.3 Å². The fourth-order valence-electron chi connectivity index (χ4n) is 1.10. The fraction of sp³-hybridized carbons (Fsp3) is 0.778. The zero-order valence-corrected chi connectivity index (χ0v) is 10.7. The lowest BCUT2D eigenvalue weighted by Crippen LogP contribution is -2.38. The summed E-state index contributed by atoms with van der Waals surface area (Å²) in [6.45, 7) is 3.07. The lowest BCUT2D eigenvalue weighted by Gasteiger charge is -2.18. The standard InChI is InChI=1S/C9H17NO6S/c1-3-10(7-9(13)16-4-2)17(14,15)6-5-8(11)12/h3-7H2,1-2H3,(H,11,12). The number of likely N-dealkylation sites (N-methyl/N-ethyl adjacent to an activating group) is 1. The molecule has 0 aromatic heterocycles. The third-order valence-electron chi connectivity index (χ3n) is 1.93. The van der Waals surface area contributed by atoms with Crippen molar-refractivity contribution in [3.05, 3.63) is 0 Å². The molecular formula is C9H17NO6S. The second-order valence-corrected chi connectivity index (χ2v) is 5.28. The van der Waals surface area contributed by atoms with E-state index in [9.17, 15) is 18.0 Å². The molecule has 100 valence electrons. The number of esters is 1. The van der Waals surface area contributed by atoms with E-state index < -0.39 is 34.1 Å². The van der Waals surface area contributed by atoms with Gasteiger partial charge in [-0.25, -0.2) is 8.42 Å². The SMILES string of the molecule is CCOC(=O)CN(CC)S(=O)(=O)CCC(=O)O. The van der Waals surface area contributed by atoms with Crippen LogP contribution < -0.4 is 0 Å². The smallest absolute Gasteiger partial charge is 0.321 e. The Morgan fingerprint density at radius 1 is 1.29 bits per heavy atom. The van der Waals surface area contributed by atoms with Gasteiger partial charge in [-0.15, -0.1) is 0 Å². The quantitative estimate of drug-likeness (QED) is 0.605. The molecule has 0 aliphatic heterocycles. The molecule has 7 nitrogen and oxygen atoms in total. The molecular weight excluding hydrogens is 250 g/mol. The van der Waals surface area contributed by atoms with Crippen LogP contribution in [0.4, 0.5) is 0 Å². The molecule has 0 amide bonds. The van der Waals surface area contributed by atoms with Gasteiger partial charge in [0.1, 0.15) is 6.54 Å². The first-order chi connectivity index (χ1) is 7.83. The minimum atomic E-state index is -3.73. The number of sulfonamides is 1. The highest BCUT2D eigenvalue weighted by atomic mass is 32.2. The molecule has 0 saturated heterocycles.